The summed E-state index contributed by atoms with van der Waals surface area (Å²) in [5.74, 6) is -5.51. The van der Waals surface area contributed by atoms with Gasteiger partial charge in [0.15, 0.2) is 0 Å². The van der Waals surface area contributed by atoms with E-state index in [0.717, 1.165) is 44.9 Å². The Morgan fingerprint density at radius 1 is 0.633 bits per heavy atom. The van der Waals surface area contributed by atoms with Crippen molar-refractivity contribution < 1.29 is 43.4 Å². The van der Waals surface area contributed by atoms with Gasteiger partial charge in [0.1, 0.15) is 18.1 Å². The predicted octanol–water partition coefficient (Wildman–Crippen LogP) is 2.82. The Morgan fingerprint density at radius 3 is 1.67 bits per heavy atom. The quantitative estimate of drug-likeness (QED) is 0.110. The Bertz CT molecular complexity index is 1150. The number of carboxylic acid groups (broad SMARTS) is 1. The second-order valence-corrected chi connectivity index (χ2v) is 14.9. The third-order valence-corrected chi connectivity index (χ3v) is 8.99. The summed E-state index contributed by atoms with van der Waals surface area (Å²) < 4.78 is 5.28. The largest absolute Gasteiger partial charge is 0.480 e. The fourth-order valence-electron chi connectivity index (χ4n) is 6.52. The Labute approximate surface area is 290 Å². The Morgan fingerprint density at radius 2 is 1.14 bits per heavy atom. The molecule has 4 atom stereocenters. The zero-order valence-corrected chi connectivity index (χ0v) is 30.1. The van der Waals surface area contributed by atoms with Gasteiger partial charge in [0.2, 0.25) is 23.5 Å². The number of rotatable bonds is 19. The van der Waals surface area contributed by atoms with E-state index in [-0.39, 0.29) is 49.0 Å². The van der Waals surface area contributed by atoms with Crippen molar-refractivity contribution in [2.24, 2.45) is 29.6 Å². The minimum absolute atomic E-state index is 0.0342. The molecule has 2 aliphatic rings. The molecule has 0 aromatic heterocycles. The van der Waals surface area contributed by atoms with Crippen LogP contribution < -0.4 is 26.6 Å². The van der Waals surface area contributed by atoms with Crippen LogP contribution in [0.4, 0.5) is 4.79 Å². The van der Waals surface area contributed by atoms with E-state index in [0.29, 0.717) is 12.8 Å². The third kappa shape index (κ3) is 14.7. The Balaban J connectivity index is 2.12. The van der Waals surface area contributed by atoms with Crippen LogP contribution in [-0.4, -0.2) is 83.9 Å². The van der Waals surface area contributed by atoms with Gasteiger partial charge in [0, 0.05) is 0 Å². The number of nitrogens with one attached hydrogen (secondary N) is 5. The normalized spacial score (nSPS) is 17.9. The summed E-state index contributed by atoms with van der Waals surface area (Å²) in [5, 5.41) is 22.4. The molecule has 0 aromatic rings. The standard InChI is InChI=1S/C35H59N5O9/c1-20(2)16-25(30(42)33(45)36-18-27(41)39-29(34(46)47)24-14-10-11-15-24)37-31(43)26(17-21(3)4)38-32(44)28(23-12-8-7-9-13-23)40-35(48)49-19-22(5)6/h20-26,28-29H,7-19H2,1-6H3,(H,36,45)(H,37,43)(H,38,44)(H,39,41)(H,40,48)(H,46,47)/t25?,26-,28-,29?/m0/s1. The SMILES string of the molecule is CC(C)COC(=O)N[C@H](C(=O)N[C@@H](CC(C)C)C(=O)NC(CC(C)C)C(=O)C(=O)NCC(=O)NC(C(=O)O)C1CCCC1)C1CCCCC1. The maximum atomic E-state index is 13.7. The maximum Gasteiger partial charge on any atom is 0.407 e. The molecule has 0 aromatic carbocycles. The zero-order chi connectivity index (χ0) is 36.7. The summed E-state index contributed by atoms with van der Waals surface area (Å²) in [6.07, 6.45) is 7.09. The first-order chi connectivity index (χ1) is 23.1. The lowest BCUT2D eigenvalue weighted by Gasteiger charge is -2.31. The minimum Gasteiger partial charge on any atom is -0.480 e. The van der Waals surface area contributed by atoms with Crippen molar-refractivity contribution in [1.29, 1.82) is 0 Å². The van der Waals surface area contributed by atoms with Crippen molar-refractivity contribution in [3.63, 3.8) is 0 Å². The highest BCUT2D eigenvalue weighted by Gasteiger charge is 2.36. The number of aliphatic carboxylic acids is 1. The number of Topliss-reactive ketones (excluding diaryl/α,β-unsaturated/α-hetero) is 1. The number of hydrogen-bond donors (Lipinski definition) is 6. The minimum atomic E-state index is -1.24. The number of ether oxygens (including phenoxy) is 1. The van der Waals surface area contributed by atoms with Gasteiger partial charge >= 0.3 is 12.1 Å². The number of amides is 5. The maximum absolute atomic E-state index is 13.7. The summed E-state index contributed by atoms with van der Waals surface area (Å²) in [6, 6.07) is -4.30. The van der Waals surface area contributed by atoms with Gasteiger partial charge in [-0.25, -0.2) is 9.59 Å². The van der Waals surface area contributed by atoms with Gasteiger partial charge in [-0.15, -0.1) is 0 Å². The molecule has 0 radical (unpaired) electrons. The van der Waals surface area contributed by atoms with E-state index < -0.39 is 72.2 Å². The van der Waals surface area contributed by atoms with Crippen LogP contribution in [0.3, 0.4) is 0 Å². The van der Waals surface area contributed by atoms with E-state index in [2.05, 4.69) is 26.6 Å². The van der Waals surface area contributed by atoms with Crippen molar-refractivity contribution in [2.45, 2.75) is 136 Å². The van der Waals surface area contributed by atoms with Gasteiger partial charge in [0.05, 0.1) is 19.2 Å². The summed E-state index contributed by atoms with van der Waals surface area (Å²) in [7, 11) is 0. The molecule has 2 aliphatic carbocycles. The van der Waals surface area contributed by atoms with Crippen molar-refractivity contribution in [3.8, 4) is 0 Å². The molecule has 0 spiro atoms. The van der Waals surface area contributed by atoms with Crippen LogP contribution >= 0.6 is 0 Å². The summed E-state index contributed by atoms with van der Waals surface area (Å²) >= 11 is 0. The average molecular weight is 694 g/mol. The first kappa shape index (κ1) is 41.5. The van der Waals surface area contributed by atoms with E-state index in [9.17, 15) is 38.7 Å². The second kappa shape index (κ2) is 20.7. The summed E-state index contributed by atoms with van der Waals surface area (Å²) in [4.78, 5) is 90.4. The number of ketones is 1. The number of carbonyl (C=O) groups is 7. The molecule has 0 heterocycles. The number of alkyl carbamates (subject to hydrolysis) is 1. The molecular weight excluding hydrogens is 634 g/mol. The zero-order valence-electron chi connectivity index (χ0n) is 30.1. The number of hydrogen-bond acceptors (Lipinski definition) is 8. The average Bonchev–Trinajstić information content (AvgIpc) is 3.57. The summed E-state index contributed by atoms with van der Waals surface area (Å²) in [5.41, 5.74) is 0. The first-order valence-corrected chi connectivity index (χ1v) is 18.0. The number of carbonyl (C=O) groups excluding carboxylic acids is 6. The lowest BCUT2D eigenvalue weighted by Crippen LogP contribution is -2.58. The van der Waals surface area contributed by atoms with Gasteiger partial charge in [-0.1, -0.05) is 73.6 Å². The van der Waals surface area contributed by atoms with Crippen LogP contribution in [0.25, 0.3) is 0 Å². The molecular formula is C35H59N5O9. The lowest BCUT2D eigenvalue weighted by atomic mass is 9.83. The van der Waals surface area contributed by atoms with E-state index in [4.69, 9.17) is 4.74 Å². The molecule has 14 heteroatoms. The molecule has 2 fully saturated rings. The molecule has 6 N–H and O–H groups in total. The van der Waals surface area contributed by atoms with E-state index in [1.54, 1.807) is 0 Å². The smallest absolute Gasteiger partial charge is 0.407 e. The lowest BCUT2D eigenvalue weighted by molar-refractivity contribution is -0.143. The third-order valence-electron chi connectivity index (χ3n) is 8.99. The molecule has 0 aliphatic heterocycles. The Kier molecular flexibility index (Phi) is 17.5. The molecule has 2 rings (SSSR count). The van der Waals surface area contributed by atoms with E-state index in [1.807, 2.05) is 41.5 Å². The van der Waals surface area contributed by atoms with Crippen LogP contribution in [-0.2, 0) is 33.5 Å². The van der Waals surface area contributed by atoms with E-state index in [1.165, 1.54) is 0 Å². The molecule has 0 saturated heterocycles. The van der Waals surface area contributed by atoms with Crippen LogP contribution in [0.1, 0.15) is 112 Å². The van der Waals surface area contributed by atoms with Gasteiger partial charge in [0.25, 0.3) is 5.91 Å². The predicted molar refractivity (Wildman–Crippen MR) is 182 cm³/mol. The molecule has 14 nitrogen and oxygen atoms in total. The van der Waals surface area contributed by atoms with Crippen LogP contribution in [0, 0.1) is 29.6 Å². The molecule has 0 bridgehead atoms. The Hall–Kier alpha value is -3.71. The fourth-order valence-corrected chi connectivity index (χ4v) is 6.52. The molecule has 2 unspecified atom stereocenters. The van der Waals surface area contributed by atoms with Crippen LogP contribution in [0.2, 0.25) is 0 Å². The molecule has 49 heavy (non-hydrogen) atoms. The van der Waals surface area contributed by atoms with Crippen LogP contribution in [0.15, 0.2) is 0 Å². The highest BCUT2D eigenvalue weighted by atomic mass is 16.5. The number of carboxylic acids is 1. The molecule has 278 valence electrons. The van der Waals surface area contributed by atoms with Crippen molar-refractivity contribution >= 4 is 41.5 Å². The van der Waals surface area contributed by atoms with Gasteiger partial charge in [-0.3, -0.25) is 24.0 Å². The van der Waals surface area contributed by atoms with E-state index >= 15 is 0 Å². The molecule has 5 amide bonds. The highest BCUT2D eigenvalue weighted by molar-refractivity contribution is 6.38. The van der Waals surface area contributed by atoms with Gasteiger partial charge < -0.3 is 36.4 Å². The van der Waals surface area contributed by atoms with Crippen molar-refractivity contribution in [3.05, 3.63) is 0 Å². The topological polar surface area (TPSA) is 209 Å². The second-order valence-electron chi connectivity index (χ2n) is 14.9. The summed E-state index contributed by atoms with van der Waals surface area (Å²) in [6.45, 7) is 10.8. The van der Waals surface area contributed by atoms with Crippen LogP contribution in [0.5, 0.6) is 0 Å². The van der Waals surface area contributed by atoms with Gasteiger partial charge in [-0.05, 0) is 68.1 Å². The highest BCUT2D eigenvalue weighted by Crippen LogP contribution is 2.28. The fraction of sp³-hybridized carbons (Fsp3) is 0.800. The van der Waals surface area contributed by atoms with Gasteiger partial charge in [-0.2, -0.15) is 0 Å². The molecule has 2 saturated carbocycles. The first-order valence-electron chi connectivity index (χ1n) is 18.0. The van der Waals surface area contributed by atoms with Crippen molar-refractivity contribution in [2.75, 3.05) is 13.2 Å². The monoisotopic (exact) mass is 693 g/mol. The van der Waals surface area contributed by atoms with Crippen molar-refractivity contribution in [1.82, 2.24) is 26.6 Å².